The fraction of sp³-hybridized carbons (Fsp3) is 0.789. The van der Waals surface area contributed by atoms with Crippen LogP contribution >= 0.6 is 0 Å². The summed E-state index contributed by atoms with van der Waals surface area (Å²) in [5, 5.41) is 0. The van der Waals surface area contributed by atoms with Crippen molar-refractivity contribution in [2.45, 2.75) is 32.1 Å². The maximum Gasteiger partial charge on any atom is 0.274 e. The number of hydrogen-bond acceptors (Lipinski definition) is 3. The standard InChI is InChI=1S/C19H30N4O/c1-21-9-15-16(10-21)17(15)11-23(8-14-6-4-3-5-7-14)19(24)18-12-22(2)13-20-18/h12-17H,3-11H2,1-2H3. The van der Waals surface area contributed by atoms with Crippen LogP contribution in [-0.2, 0) is 7.05 Å². The quantitative estimate of drug-likeness (QED) is 0.831. The molecule has 1 aromatic heterocycles. The van der Waals surface area contributed by atoms with E-state index in [0.717, 1.165) is 30.8 Å². The van der Waals surface area contributed by atoms with Gasteiger partial charge in [0.25, 0.3) is 5.91 Å². The van der Waals surface area contributed by atoms with Crippen molar-refractivity contribution in [2.24, 2.45) is 30.7 Å². The van der Waals surface area contributed by atoms with Gasteiger partial charge in [0.2, 0.25) is 0 Å². The molecule has 1 amide bonds. The van der Waals surface area contributed by atoms with E-state index in [4.69, 9.17) is 0 Å². The smallest absolute Gasteiger partial charge is 0.274 e. The monoisotopic (exact) mass is 330 g/mol. The zero-order valence-corrected chi connectivity index (χ0v) is 15.0. The molecule has 2 unspecified atom stereocenters. The molecule has 5 heteroatoms. The van der Waals surface area contributed by atoms with Gasteiger partial charge < -0.3 is 14.4 Å². The van der Waals surface area contributed by atoms with Crippen molar-refractivity contribution in [3.05, 3.63) is 18.2 Å². The minimum Gasteiger partial charge on any atom is -0.340 e. The van der Waals surface area contributed by atoms with Crippen molar-refractivity contribution >= 4 is 5.91 Å². The first-order chi connectivity index (χ1) is 11.6. The highest BCUT2D eigenvalue weighted by atomic mass is 16.2. The predicted octanol–water partition coefficient (Wildman–Crippen LogP) is 2.25. The van der Waals surface area contributed by atoms with E-state index < -0.39 is 0 Å². The third-order valence-corrected chi connectivity index (χ3v) is 6.40. The summed E-state index contributed by atoms with van der Waals surface area (Å²) in [6, 6.07) is 0. The van der Waals surface area contributed by atoms with E-state index in [1.807, 2.05) is 17.8 Å². The molecule has 4 rings (SSSR count). The molecule has 2 saturated carbocycles. The van der Waals surface area contributed by atoms with Gasteiger partial charge in [0.15, 0.2) is 0 Å². The molecular formula is C19H30N4O. The molecule has 0 bridgehead atoms. The highest BCUT2D eigenvalue weighted by Gasteiger charge is 2.55. The first-order valence-electron chi connectivity index (χ1n) is 9.57. The summed E-state index contributed by atoms with van der Waals surface area (Å²) in [6.07, 6.45) is 10.2. The molecule has 1 aromatic rings. The number of aryl methyl sites for hydroxylation is 1. The summed E-state index contributed by atoms with van der Waals surface area (Å²) in [5.41, 5.74) is 0.608. The molecule has 3 aliphatic rings. The van der Waals surface area contributed by atoms with Crippen LogP contribution in [0.25, 0.3) is 0 Å². The lowest BCUT2D eigenvalue weighted by Crippen LogP contribution is -2.39. The molecule has 132 valence electrons. The Morgan fingerprint density at radius 3 is 2.50 bits per heavy atom. The highest BCUT2D eigenvalue weighted by molar-refractivity contribution is 5.92. The predicted molar refractivity (Wildman–Crippen MR) is 93.7 cm³/mol. The second kappa shape index (κ2) is 6.51. The molecule has 1 aliphatic heterocycles. The van der Waals surface area contributed by atoms with Gasteiger partial charge in [0.05, 0.1) is 6.33 Å². The average Bonchev–Trinajstić information content (AvgIpc) is 2.94. The van der Waals surface area contributed by atoms with E-state index in [0.29, 0.717) is 11.6 Å². The summed E-state index contributed by atoms with van der Waals surface area (Å²) in [5.74, 6) is 3.19. The summed E-state index contributed by atoms with van der Waals surface area (Å²) in [6.45, 7) is 4.30. The Hall–Kier alpha value is -1.36. The number of piperidine rings is 1. The van der Waals surface area contributed by atoms with Crippen LogP contribution in [0.3, 0.4) is 0 Å². The van der Waals surface area contributed by atoms with Gasteiger partial charge in [-0.1, -0.05) is 19.3 Å². The van der Waals surface area contributed by atoms with Gasteiger partial charge in [-0.05, 0) is 43.6 Å². The van der Waals surface area contributed by atoms with Crippen molar-refractivity contribution in [3.63, 3.8) is 0 Å². The molecule has 0 aromatic carbocycles. The number of aromatic nitrogens is 2. The fourth-order valence-corrected chi connectivity index (χ4v) is 4.99. The Balaban J connectivity index is 1.43. The van der Waals surface area contributed by atoms with Gasteiger partial charge in [-0.2, -0.15) is 0 Å². The summed E-state index contributed by atoms with van der Waals surface area (Å²) in [4.78, 5) is 21.9. The van der Waals surface area contributed by atoms with Crippen LogP contribution in [0.15, 0.2) is 12.5 Å². The fourth-order valence-electron chi connectivity index (χ4n) is 4.99. The average molecular weight is 330 g/mol. The van der Waals surface area contributed by atoms with E-state index in [1.165, 1.54) is 45.2 Å². The number of carbonyl (C=O) groups is 1. The lowest BCUT2D eigenvalue weighted by atomic mass is 9.89. The molecule has 0 spiro atoms. The second-order valence-corrected chi connectivity index (χ2v) is 8.35. The van der Waals surface area contributed by atoms with E-state index >= 15 is 0 Å². The third-order valence-electron chi connectivity index (χ3n) is 6.40. The maximum atomic E-state index is 13.0. The van der Waals surface area contributed by atoms with E-state index in [2.05, 4.69) is 21.8 Å². The molecule has 1 saturated heterocycles. The largest absolute Gasteiger partial charge is 0.340 e. The number of fused-ring (bicyclic) bond motifs is 1. The molecule has 0 N–H and O–H groups in total. The molecule has 2 aliphatic carbocycles. The van der Waals surface area contributed by atoms with Gasteiger partial charge >= 0.3 is 0 Å². The Kier molecular flexibility index (Phi) is 4.37. The van der Waals surface area contributed by atoms with Gasteiger partial charge in [-0.25, -0.2) is 4.98 Å². The van der Waals surface area contributed by atoms with Crippen molar-refractivity contribution < 1.29 is 4.79 Å². The Labute approximate surface area is 145 Å². The van der Waals surface area contributed by atoms with E-state index in [-0.39, 0.29) is 5.91 Å². The minimum absolute atomic E-state index is 0.138. The van der Waals surface area contributed by atoms with Crippen LogP contribution in [0.5, 0.6) is 0 Å². The summed E-state index contributed by atoms with van der Waals surface area (Å²) < 4.78 is 1.87. The number of hydrogen-bond donors (Lipinski definition) is 0. The van der Waals surface area contributed by atoms with E-state index in [1.54, 1.807) is 6.33 Å². The number of likely N-dealkylation sites (tertiary alicyclic amines) is 1. The summed E-state index contributed by atoms with van der Waals surface area (Å²) in [7, 11) is 4.14. The molecule has 0 radical (unpaired) electrons. The van der Waals surface area contributed by atoms with E-state index in [9.17, 15) is 4.79 Å². The van der Waals surface area contributed by atoms with Crippen molar-refractivity contribution in [2.75, 3.05) is 33.2 Å². The maximum absolute atomic E-state index is 13.0. The third kappa shape index (κ3) is 3.23. The van der Waals surface area contributed by atoms with Gasteiger partial charge in [0.1, 0.15) is 5.69 Å². The van der Waals surface area contributed by atoms with Crippen LogP contribution in [0.4, 0.5) is 0 Å². The lowest BCUT2D eigenvalue weighted by Gasteiger charge is -2.30. The van der Waals surface area contributed by atoms with Gasteiger partial charge in [-0.15, -0.1) is 0 Å². The van der Waals surface area contributed by atoms with Crippen LogP contribution in [0.2, 0.25) is 0 Å². The summed E-state index contributed by atoms with van der Waals surface area (Å²) >= 11 is 0. The first kappa shape index (κ1) is 16.1. The molecule has 5 nitrogen and oxygen atoms in total. The molecule has 2 atom stereocenters. The number of imidazole rings is 1. The zero-order valence-electron chi connectivity index (χ0n) is 15.0. The minimum atomic E-state index is 0.138. The Bertz CT molecular complexity index is 580. The van der Waals surface area contributed by atoms with Crippen molar-refractivity contribution in [1.82, 2.24) is 19.4 Å². The number of nitrogens with zero attached hydrogens (tertiary/aromatic N) is 4. The molecule has 3 fully saturated rings. The SMILES string of the molecule is CN1CC2C(C1)C2CN(CC1CCCCC1)C(=O)c1cn(C)cn1. The van der Waals surface area contributed by atoms with Crippen LogP contribution < -0.4 is 0 Å². The van der Waals surface area contributed by atoms with Crippen LogP contribution in [0, 0.1) is 23.7 Å². The lowest BCUT2D eigenvalue weighted by molar-refractivity contribution is 0.0689. The number of amides is 1. The van der Waals surface area contributed by atoms with Crippen molar-refractivity contribution in [3.8, 4) is 0 Å². The van der Waals surface area contributed by atoms with Gasteiger partial charge in [0, 0.05) is 39.4 Å². The molecular weight excluding hydrogens is 300 g/mol. The number of carbonyl (C=O) groups excluding carboxylic acids is 1. The topological polar surface area (TPSA) is 41.4 Å². The van der Waals surface area contributed by atoms with Crippen LogP contribution in [-0.4, -0.2) is 58.5 Å². The normalized spacial score (nSPS) is 30.3. The molecule has 24 heavy (non-hydrogen) atoms. The zero-order chi connectivity index (χ0) is 16.7. The van der Waals surface area contributed by atoms with Crippen molar-refractivity contribution in [1.29, 1.82) is 0 Å². The molecule has 2 heterocycles. The first-order valence-corrected chi connectivity index (χ1v) is 9.57. The highest BCUT2D eigenvalue weighted by Crippen LogP contribution is 2.51. The van der Waals surface area contributed by atoms with Gasteiger partial charge in [-0.3, -0.25) is 4.79 Å². The Morgan fingerprint density at radius 2 is 1.88 bits per heavy atom. The number of rotatable bonds is 5. The second-order valence-electron chi connectivity index (χ2n) is 8.35. The van der Waals surface area contributed by atoms with Crippen LogP contribution in [0.1, 0.15) is 42.6 Å². The Morgan fingerprint density at radius 1 is 1.17 bits per heavy atom.